The van der Waals surface area contributed by atoms with Crippen LogP contribution < -0.4 is 10.6 Å². The zero-order valence-corrected chi connectivity index (χ0v) is 14.0. The molecule has 5 heteroatoms. The maximum atomic E-state index is 14.5. The molecule has 0 spiro atoms. The van der Waals surface area contributed by atoms with Gasteiger partial charge in [-0.2, -0.15) is 0 Å². The van der Waals surface area contributed by atoms with E-state index in [0.29, 0.717) is 11.4 Å². The number of aryl methyl sites for hydroxylation is 1. The summed E-state index contributed by atoms with van der Waals surface area (Å²) in [6.45, 7) is 2.66. The van der Waals surface area contributed by atoms with Gasteiger partial charge < -0.3 is 15.7 Å². The summed E-state index contributed by atoms with van der Waals surface area (Å²) in [4.78, 5) is 6.14. The number of nitrogen functional groups attached to an aromatic ring is 1. The molecule has 1 saturated heterocycles. The molecular weight excluding hydrogens is 317 g/mol. The van der Waals surface area contributed by atoms with Crippen LogP contribution >= 0.6 is 0 Å². The smallest absolute Gasteiger partial charge is 0.131 e. The minimum Gasteiger partial charge on any atom is -0.384 e. The van der Waals surface area contributed by atoms with E-state index >= 15 is 0 Å². The average molecular weight is 337 g/mol. The summed E-state index contributed by atoms with van der Waals surface area (Å²) in [6.07, 6.45) is 2.82. The molecule has 2 aromatic carbocycles. The van der Waals surface area contributed by atoms with Crippen LogP contribution in [0.1, 0.15) is 18.4 Å². The van der Waals surface area contributed by atoms with Crippen molar-refractivity contribution in [2.75, 3.05) is 17.2 Å². The number of hydrogen-bond donors (Lipinski definition) is 2. The van der Waals surface area contributed by atoms with Crippen LogP contribution in [0, 0.1) is 12.7 Å². The standard InChI is InChI=1S/C20H20FN3O/c1-12-4-2-5-16(21)20(12)13-8-14-11-23-18(22)10-15(14)17(9-13)24-7-3-6-19(24)25/h2,4-5,8-11,19,25H,3,6-7H2,1H3,(H2,22,23)/t19-/m1/s1. The monoisotopic (exact) mass is 337 g/mol. The second-order valence-corrected chi connectivity index (χ2v) is 6.57. The number of nitrogens with two attached hydrogens (primary N) is 1. The molecule has 0 amide bonds. The van der Waals surface area contributed by atoms with Gasteiger partial charge >= 0.3 is 0 Å². The van der Waals surface area contributed by atoms with Crippen molar-refractivity contribution >= 4 is 22.3 Å². The van der Waals surface area contributed by atoms with Crippen LogP contribution in [0.4, 0.5) is 15.9 Å². The molecule has 0 unspecified atom stereocenters. The Morgan fingerprint density at radius 1 is 1.28 bits per heavy atom. The molecule has 25 heavy (non-hydrogen) atoms. The van der Waals surface area contributed by atoms with Crippen LogP contribution in [-0.4, -0.2) is 22.9 Å². The van der Waals surface area contributed by atoms with E-state index in [1.165, 1.54) is 6.07 Å². The second-order valence-electron chi connectivity index (χ2n) is 6.57. The molecule has 2 heterocycles. The van der Waals surface area contributed by atoms with Gasteiger partial charge in [0.1, 0.15) is 17.9 Å². The molecule has 0 bridgehead atoms. The number of benzene rings is 2. The summed E-state index contributed by atoms with van der Waals surface area (Å²) < 4.78 is 14.5. The molecule has 0 radical (unpaired) electrons. The molecule has 1 aliphatic heterocycles. The molecule has 1 aliphatic rings. The zero-order chi connectivity index (χ0) is 17.6. The number of halogens is 1. The van der Waals surface area contributed by atoms with Crippen LogP contribution in [0.25, 0.3) is 21.9 Å². The van der Waals surface area contributed by atoms with Crippen LogP contribution in [0.3, 0.4) is 0 Å². The van der Waals surface area contributed by atoms with Gasteiger partial charge in [-0.25, -0.2) is 9.37 Å². The Labute approximate surface area is 145 Å². The number of anilines is 2. The molecule has 1 aromatic heterocycles. The topological polar surface area (TPSA) is 62.4 Å². The largest absolute Gasteiger partial charge is 0.384 e. The Balaban J connectivity index is 2.00. The van der Waals surface area contributed by atoms with Gasteiger partial charge in [-0.1, -0.05) is 12.1 Å². The first kappa shape index (κ1) is 15.8. The van der Waals surface area contributed by atoms with Gasteiger partial charge in [0.25, 0.3) is 0 Å². The molecule has 3 aromatic rings. The molecule has 1 fully saturated rings. The predicted molar refractivity (Wildman–Crippen MR) is 98.9 cm³/mol. The fourth-order valence-corrected chi connectivity index (χ4v) is 3.66. The van der Waals surface area contributed by atoms with Gasteiger partial charge in [0.2, 0.25) is 0 Å². The number of hydrogen-bond acceptors (Lipinski definition) is 4. The third-order valence-electron chi connectivity index (χ3n) is 4.88. The summed E-state index contributed by atoms with van der Waals surface area (Å²) in [7, 11) is 0. The highest BCUT2D eigenvalue weighted by molar-refractivity contribution is 5.99. The van der Waals surface area contributed by atoms with E-state index in [9.17, 15) is 9.50 Å². The first-order valence-electron chi connectivity index (χ1n) is 8.44. The molecule has 4 rings (SSSR count). The first-order valence-corrected chi connectivity index (χ1v) is 8.44. The third kappa shape index (κ3) is 2.70. The molecule has 0 aliphatic carbocycles. The maximum Gasteiger partial charge on any atom is 0.131 e. The number of nitrogens with zero attached hydrogens (tertiary/aromatic N) is 2. The van der Waals surface area contributed by atoms with Crippen LogP contribution in [0.2, 0.25) is 0 Å². The highest BCUT2D eigenvalue weighted by Crippen LogP contribution is 2.38. The summed E-state index contributed by atoms with van der Waals surface area (Å²) in [5.41, 5.74) is 8.97. The van der Waals surface area contributed by atoms with Crippen molar-refractivity contribution in [1.29, 1.82) is 0 Å². The number of rotatable bonds is 2. The van der Waals surface area contributed by atoms with Crippen molar-refractivity contribution in [2.24, 2.45) is 0 Å². The lowest BCUT2D eigenvalue weighted by Crippen LogP contribution is -2.28. The van der Waals surface area contributed by atoms with Gasteiger partial charge in [-0.3, -0.25) is 0 Å². The summed E-state index contributed by atoms with van der Waals surface area (Å²) in [5.74, 6) is 0.174. The van der Waals surface area contributed by atoms with Crippen LogP contribution in [-0.2, 0) is 0 Å². The lowest BCUT2D eigenvalue weighted by atomic mass is 9.96. The Morgan fingerprint density at radius 3 is 2.84 bits per heavy atom. The van der Waals surface area contributed by atoms with E-state index in [1.54, 1.807) is 12.3 Å². The highest BCUT2D eigenvalue weighted by Gasteiger charge is 2.25. The number of pyridine rings is 1. The summed E-state index contributed by atoms with van der Waals surface area (Å²) in [5, 5.41) is 12.1. The van der Waals surface area contributed by atoms with E-state index in [-0.39, 0.29) is 5.82 Å². The van der Waals surface area contributed by atoms with E-state index in [2.05, 4.69) is 4.98 Å². The van der Waals surface area contributed by atoms with Crippen molar-refractivity contribution < 1.29 is 9.50 Å². The second kappa shape index (κ2) is 6.01. The molecule has 128 valence electrons. The van der Waals surface area contributed by atoms with Crippen molar-refractivity contribution in [3.63, 3.8) is 0 Å². The molecule has 4 nitrogen and oxygen atoms in total. The number of aliphatic hydroxyl groups is 1. The van der Waals surface area contributed by atoms with Gasteiger partial charge in [-0.15, -0.1) is 0 Å². The normalized spacial score (nSPS) is 17.4. The lowest BCUT2D eigenvalue weighted by Gasteiger charge is -2.25. The minimum atomic E-state index is -0.533. The van der Waals surface area contributed by atoms with Gasteiger partial charge in [0, 0.05) is 34.8 Å². The van der Waals surface area contributed by atoms with Gasteiger partial charge in [0.05, 0.1) is 0 Å². The zero-order valence-electron chi connectivity index (χ0n) is 14.0. The summed E-state index contributed by atoms with van der Waals surface area (Å²) in [6, 6.07) is 10.8. The average Bonchev–Trinajstić information content (AvgIpc) is 3.00. The number of aromatic nitrogens is 1. The van der Waals surface area contributed by atoms with Crippen LogP contribution in [0.15, 0.2) is 42.6 Å². The van der Waals surface area contributed by atoms with E-state index < -0.39 is 6.23 Å². The van der Waals surface area contributed by atoms with E-state index in [4.69, 9.17) is 5.73 Å². The minimum absolute atomic E-state index is 0.254. The Hall–Kier alpha value is -2.66. The molecule has 0 saturated carbocycles. The highest BCUT2D eigenvalue weighted by atomic mass is 19.1. The predicted octanol–water partition coefficient (Wildman–Crippen LogP) is 3.85. The number of aliphatic hydroxyl groups excluding tert-OH is 1. The number of fused-ring (bicyclic) bond motifs is 1. The first-order chi connectivity index (χ1) is 12.0. The van der Waals surface area contributed by atoms with E-state index in [0.717, 1.165) is 47.0 Å². The third-order valence-corrected chi connectivity index (χ3v) is 4.88. The molecule has 3 N–H and O–H groups in total. The Kier molecular flexibility index (Phi) is 3.81. The Morgan fingerprint density at radius 2 is 2.12 bits per heavy atom. The van der Waals surface area contributed by atoms with Crippen LogP contribution in [0.5, 0.6) is 0 Å². The summed E-state index contributed by atoms with van der Waals surface area (Å²) >= 11 is 0. The van der Waals surface area contributed by atoms with Gasteiger partial charge in [-0.05, 0) is 55.2 Å². The molecular formula is C20H20FN3O. The molecule has 1 atom stereocenters. The van der Waals surface area contributed by atoms with E-state index in [1.807, 2.05) is 36.1 Å². The van der Waals surface area contributed by atoms with Crippen molar-refractivity contribution in [3.05, 3.63) is 54.0 Å². The SMILES string of the molecule is Cc1cccc(F)c1-c1cc(N2CCC[C@H]2O)c2cc(N)ncc2c1. The quantitative estimate of drug-likeness (QED) is 0.745. The fraction of sp³-hybridized carbons (Fsp3) is 0.250. The maximum absolute atomic E-state index is 14.5. The lowest BCUT2D eigenvalue weighted by molar-refractivity contribution is 0.186. The van der Waals surface area contributed by atoms with Crippen molar-refractivity contribution in [3.8, 4) is 11.1 Å². The van der Waals surface area contributed by atoms with Gasteiger partial charge in [0.15, 0.2) is 0 Å². The Bertz CT molecular complexity index is 937. The van der Waals surface area contributed by atoms with Crippen molar-refractivity contribution in [1.82, 2.24) is 4.98 Å². The van der Waals surface area contributed by atoms with Crippen molar-refractivity contribution in [2.45, 2.75) is 26.0 Å². The fourth-order valence-electron chi connectivity index (χ4n) is 3.66.